The Balaban J connectivity index is 2.08. The van der Waals surface area contributed by atoms with Crippen molar-refractivity contribution in [2.24, 2.45) is 5.92 Å². The van der Waals surface area contributed by atoms with Crippen LogP contribution in [0.2, 0.25) is 0 Å². The summed E-state index contributed by atoms with van der Waals surface area (Å²) in [6.07, 6.45) is 1.63. The summed E-state index contributed by atoms with van der Waals surface area (Å²) in [5.41, 5.74) is 0.220. The Kier molecular flexibility index (Phi) is 3.22. The van der Waals surface area contributed by atoms with E-state index in [1.54, 1.807) is 0 Å². The summed E-state index contributed by atoms with van der Waals surface area (Å²) in [7, 11) is 1.36. The molecule has 3 nitrogen and oxygen atoms in total. The number of ether oxygens (including phenoxy) is 1. The number of ketones is 2. The van der Waals surface area contributed by atoms with Gasteiger partial charge in [-0.15, -0.1) is 0 Å². The first-order valence-electron chi connectivity index (χ1n) is 5.51. The zero-order valence-corrected chi connectivity index (χ0v) is 9.53. The van der Waals surface area contributed by atoms with Crippen molar-refractivity contribution in [3.05, 3.63) is 29.6 Å². The van der Waals surface area contributed by atoms with E-state index in [4.69, 9.17) is 4.74 Å². The molecule has 0 radical (unpaired) electrons. The minimum Gasteiger partial charge on any atom is -0.494 e. The van der Waals surface area contributed by atoms with Crippen molar-refractivity contribution in [3.63, 3.8) is 0 Å². The molecule has 1 aromatic carbocycles. The van der Waals surface area contributed by atoms with Gasteiger partial charge >= 0.3 is 0 Å². The Morgan fingerprint density at radius 3 is 2.65 bits per heavy atom. The van der Waals surface area contributed by atoms with E-state index in [2.05, 4.69) is 0 Å². The first kappa shape index (κ1) is 11.8. The van der Waals surface area contributed by atoms with Crippen molar-refractivity contribution in [1.29, 1.82) is 0 Å². The topological polar surface area (TPSA) is 43.4 Å². The molecule has 1 saturated carbocycles. The highest BCUT2D eigenvalue weighted by Crippen LogP contribution is 2.31. The highest BCUT2D eigenvalue weighted by Gasteiger charge is 2.30. The number of methoxy groups -OCH3 is 1. The fraction of sp³-hybridized carbons (Fsp3) is 0.385. The van der Waals surface area contributed by atoms with Crippen LogP contribution < -0.4 is 4.74 Å². The summed E-state index contributed by atoms with van der Waals surface area (Å²) in [5.74, 6) is -0.802. The Bertz CT molecular complexity index is 464. The minimum atomic E-state index is -0.586. The molecule has 1 aliphatic carbocycles. The molecule has 1 aliphatic rings. The van der Waals surface area contributed by atoms with Gasteiger partial charge in [-0.3, -0.25) is 9.59 Å². The van der Waals surface area contributed by atoms with E-state index in [0.717, 1.165) is 18.9 Å². The zero-order valence-electron chi connectivity index (χ0n) is 9.53. The lowest BCUT2D eigenvalue weighted by atomic mass is 10.0. The first-order valence-corrected chi connectivity index (χ1v) is 5.51. The lowest BCUT2D eigenvalue weighted by molar-refractivity contribution is -0.119. The van der Waals surface area contributed by atoms with Crippen LogP contribution in [0.25, 0.3) is 0 Å². The van der Waals surface area contributed by atoms with Crippen molar-refractivity contribution >= 4 is 11.6 Å². The zero-order chi connectivity index (χ0) is 12.4. The molecule has 4 heteroatoms. The van der Waals surface area contributed by atoms with Crippen LogP contribution in [-0.4, -0.2) is 18.7 Å². The van der Waals surface area contributed by atoms with Crippen molar-refractivity contribution in [1.82, 2.24) is 0 Å². The summed E-state index contributed by atoms with van der Waals surface area (Å²) in [4.78, 5) is 23.2. The van der Waals surface area contributed by atoms with E-state index in [1.807, 2.05) is 0 Å². The highest BCUT2D eigenvalue weighted by molar-refractivity contribution is 6.09. The third-order valence-corrected chi connectivity index (χ3v) is 2.84. The molecule has 0 saturated heterocycles. The summed E-state index contributed by atoms with van der Waals surface area (Å²) in [6.45, 7) is 0. The molecule has 1 aromatic rings. The minimum absolute atomic E-state index is 0.0359. The lowest BCUT2D eigenvalue weighted by Crippen LogP contribution is -2.10. The highest BCUT2D eigenvalue weighted by atomic mass is 19.1. The molecule has 0 aliphatic heterocycles. The largest absolute Gasteiger partial charge is 0.494 e. The number of benzene rings is 1. The van der Waals surface area contributed by atoms with Crippen LogP contribution >= 0.6 is 0 Å². The second kappa shape index (κ2) is 4.65. The Morgan fingerprint density at radius 1 is 1.41 bits per heavy atom. The second-order valence-corrected chi connectivity index (χ2v) is 4.19. The van der Waals surface area contributed by atoms with Gasteiger partial charge in [0.2, 0.25) is 0 Å². The predicted molar refractivity (Wildman–Crippen MR) is 59.6 cm³/mol. The molecule has 0 amide bonds. The van der Waals surface area contributed by atoms with Crippen LogP contribution in [0.3, 0.4) is 0 Å². The smallest absolute Gasteiger partial charge is 0.170 e. The van der Waals surface area contributed by atoms with E-state index in [0.29, 0.717) is 0 Å². The van der Waals surface area contributed by atoms with Crippen molar-refractivity contribution in [2.75, 3.05) is 7.11 Å². The molecule has 1 fully saturated rings. The molecular weight excluding hydrogens is 223 g/mol. The fourth-order valence-corrected chi connectivity index (χ4v) is 1.65. The predicted octanol–water partition coefficient (Wildman–Crippen LogP) is 2.39. The average Bonchev–Trinajstić information content (AvgIpc) is 3.12. The van der Waals surface area contributed by atoms with Crippen molar-refractivity contribution < 1.29 is 18.7 Å². The molecule has 0 heterocycles. The van der Waals surface area contributed by atoms with Crippen LogP contribution in [0.1, 0.15) is 29.6 Å². The Hall–Kier alpha value is -1.71. The van der Waals surface area contributed by atoms with Gasteiger partial charge in [0.05, 0.1) is 13.5 Å². The van der Waals surface area contributed by atoms with E-state index in [-0.39, 0.29) is 35.2 Å². The maximum absolute atomic E-state index is 13.4. The summed E-state index contributed by atoms with van der Waals surface area (Å²) < 4.78 is 18.1. The van der Waals surface area contributed by atoms with Gasteiger partial charge in [0, 0.05) is 11.5 Å². The number of hydrogen-bond donors (Lipinski definition) is 0. The Labute approximate surface area is 98.6 Å². The maximum atomic E-state index is 13.4. The number of hydrogen-bond acceptors (Lipinski definition) is 3. The number of Topliss-reactive ketones (excluding diaryl/α,β-unsaturated/α-hetero) is 2. The van der Waals surface area contributed by atoms with Gasteiger partial charge in [-0.25, -0.2) is 4.39 Å². The van der Waals surface area contributed by atoms with Gasteiger partial charge in [-0.05, 0) is 31.0 Å². The number of halogens is 1. The molecule has 0 N–H and O–H groups in total. The second-order valence-electron chi connectivity index (χ2n) is 4.19. The molecule has 0 spiro atoms. The van der Waals surface area contributed by atoms with Gasteiger partial charge < -0.3 is 4.74 Å². The van der Waals surface area contributed by atoms with Crippen LogP contribution in [0.5, 0.6) is 5.75 Å². The summed E-state index contributed by atoms with van der Waals surface area (Å²) in [6, 6.07) is 3.98. The van der Waals surface area contributed by atoms with Gasteiger partial charge in [0.15, 0.2) is 17.3 Å². The normalized spacial score (nSPS) is 14.5. The van der Waals surface area contributed by atoms with Crippen LogP contribution in [0.4, 0.5) is 4.39 Å². The maximum Gasteiger partial charge on any atom is 0.170 e. The first-order chi connectivity index (χ1) is 8.11. The van der Waals surface area contributed by atoms with Gasteiger partial charge in [-0.2, -0.15) is 0 Å². The Morgan fingerprint density at radius 2 is 2.12 bits per heavy atom. The summed E-state index contributed by atoms with van der Waals surface area (Å²) >= 11 is 0. The van der Waals surface area contributed by atoms with Gasteiger partial charge in [0.1, 0.15) is 5.78 Å². The lowest BCUT2D eigenvalue weighted by Gasteiger charge is -2.04. The molecule has 0 unspecified atom stereocenters. The summed E-state index contributed by atoms with van der Waals surface area (Å²) in [5, 5.41) is 0. The van der Waals surface area contributed by atoms with Crippen molar-refractivity contribution in [3.8, 4) is 5.75 Å². The van der Waals surface area contributed by atoms with E-state index in [9.17, 15) is 14.0 Å². The van der Waals surface area contributed by atoms with E-state index >= 15 is 0 Å². The molecular formula is C13H13FO3. The monoisotopic (exact) mass is 236 g/mol. The van der Waals surface area contributed by atoms with E-state index in [1.165, 1.54) is 19.2 Å². The van der Waals surface area contributed by atoms with Gasteiger partial charge in [-0.1, -0.05) is 0 Å². The molecule has 90 valence electrons. The SMILES string of the molecule is COc1ccc(C(=O)CC(=O)C2CC2)cc1F. The van der Waals surface area contributed by atoms with Crippen LogP contribution in [0.15, 0.2) is 18.2 Å². The molecule has 0 bridgehead atoms. The molecule has 17 heavy (non-hydrogen) atoms. The molecule has 0 aromatic heterocycles. The van der Waals surface area contributed by atoms with E-state index < -0.39 is 5.82 Å². The number of carbonyl (C=O) groups excluding carboxylic acids is 2. The number of carbonyl (C=O) groups is 2. The average molecular weight is 236 g/mol. The van der Waals surface area contributed by atoms with Crippen LogP contribution in [-0.2, 0) is 4.79 Å². The molecule has 2 rings (SSSR count). The van der Waals surface area contributed by atoms with Crippen LogP contribution in [0, 0.1) is 11.7 Å². The quantitative estimate of drug-likeness (QED) is 0.582. The third-order valence-electron chi connectivity index (χ3n) is 2.84. The fourth-order valence-electron chi connectivity index (χ4n) is 1.65. The van der Waals surface area contributed by atoms with Gasteiger partial charge in [0.25, 0.3) is 0 Å². The number of rotatable bonds is 5. The van der Waals surface area contributed by atoms with Crippen molar-refractivity contribution in [2.45, 2.75) is 19.3 Å². The third kappa shape index (κ3) is 2.70. The standard InChI is InChI=1S/C13H13FO3/c1-17-13-5-4-9(6-10(13)14)12(16)7-11(15)8-2-3-8/h4-6,8H,2-3,7H2,1H3. The molecule has 0 atom stereocenters.